The number of nitrogens with one attached hydrogen (secondary N) is 1. The van der Waals surface area contributed by atoms with Crippen LogP contribution in [0, 0.1) is 0 Å². The summed E-state index contributed by atoms with van der Waals surface area (Å²) in [6.07, 6.45) is -4.50. The Morgan fingerprint density at radius 1 is 0.778 bits per heavy atom. The zero-order chi connectivity index (χ0) is 13.0. The summed E-state index contributed by atoms with van der Waals surface area (Å²) in [7, 11) is 0. The maximum atomic E-state index is 13.0. The number of anilines is 2. The van der Waals surface area contributed by atoms with Gasteiger partial charge in [0.15, 0.2) is 0 Å². The number of hydrogen-bond donors (Lipinski definition) is 1. The molecule has 0 atom stereocenters. The Hall–Kier alpha value is -2.17. The van der Waals surface area contributed by atoms with Gasteiger partial charge in [0.2, 0.25) is 0 Å². The molecule has 2 aromatic rings. The van der Waals surface area contributed by atoms with E-state index in [4.69, 9.17) is 0 Å². The third-order valence-electron chi connectivity index (χ3n) is 2.28. The van der Waals surface area contributed by atoms with Crippen LogP contribution >= 0.6 is 0 Å². The van der Waals surface area contributed by atoms with Gasteiger partial charge in [-0.05, 0) is 24.3 Å². The molecule has 0 amide bonds. The quantitative estimate of drug-likeness (QED) is 0.655. The van der Waals surface area contributed by atoms with Crippen molar-refractivity contribution in [2.75, 3.05) is 10.4 Å². The van der Waals surface area contributed by atoms with Gasteiger partial charge >= 0.3 is 6.30 Å². The molecular weight excluding hydrogens is 241 g/mol. The SMILES string of the molecule is FC(F)(F)N(Nc1ccccc1)c1ccccc1. The van der Waals surface area contributed by atoms with Gasteiger partial charge in [0.05, 0.1) is 11.4 Å². The molecule has 18 heavy (non-hydrogen) atoms. The molecule has 94 valence electrons. The number of para-hydroxylation sites is 2. The fourth-order valence-corrected chi connectivity index (χ4v) is 1.49. The highest BCUT2D eigenvalue weighted by molar-refractivity contribution is 5.55. The summed E-state index contributed by atoms with van der Waals surface area (Å²) in [6.45, 7) is 0. The minimum atomic E-state index is -4.50. The van der Waals surface area contributed by atoms with Gasteiger partial charge in [0.1, 0.15) is 0 Å². The van der Waals surface area contributed by atoms with Crippen LogP contribution in [0.5, 0.6) is 0 Å². The van der Waals surface area contributed by atoms with E-state index in [-0.39, 0.29) is 10.7 Å². The van der Waals surface area contributed by atoms with Gasteiger partial charge in [-0.1, -0.05) is 36.4 Å². The monoisotopic (exact) mass is 252 g/mol. The molecule has 2 rings (SSSR count). The first-order valence-electron chi connectivity index (χ1n) is 5.31. The van der Waals surface area contributed by atoms with Gasteiger partial charge in [-0.2, -0.15) is 5.01 Å². The zero-order valence-electron chi connectivity index (χ0n) is 9.35. The second kappa shape index (κ2) is 5.00. The maximum Gasteiger partial charge on any atom is 0.503 e. The molecule has 0 aliphatic rings. The predicted octanol–water partition coefficient (Wildman–Crippen LogP) is 4.04. The van der Waals surface area contributed by atoms with E-state index in [1.54, 1.807) is 48.5 Å². The molecule has 0 saturated heterocycles. The van der Waals surface area contributed by atoms with Crippen LogP contribution < -0.4 is 10.4 Å². The third kappa shape index (κ3) is 2.94. The Morgan fingerprint density at radius 2 is 1.28 bits per heavy atom. The smallest absolute Gasteiger partial charge is 0.291 e. The molecular formula is C13H11F3N2. The molecule has 1 N–H and O–H groups in total. The van der Waals surface area contributed by atoms with Crippen LogP contribution in [0.2, 0.25) is 0 Å². The Balaban J connectivity index is 2.28. The average molecular weight is 252 g/mol. The van der Waals surface area contributed by atoms with Crippen LogP contribution in [0.25, 0.3) is 0 Å². The van der Waals surface area contributed by atoms with Crippen molar-refractivity contribution in [3.05, 3.63) is 60.7 Å². The standard InChI is InChI=1S/C13H11F3N2/c14-13(15,16)18(12-9-5-2-6-10-12)17-11-7-3-1-4-8-11/h1-10,17H. The van der Waals surface area contributed by atoms with E-state index in [0.29, 0.717) is 5.69 Å². The molecule has 0 aliphatic heterocycles. The molecule has 0 bridgehead atoms. The topological polar surface area (TPSA) is 15.3 Å². The molecule has 0 radical (unpaired) electrons. The Bertz CT molecular complexity index is 483. The summed E-state index contributed by atoms with van der Waals surface area (Å²) in [5.74, 6) is 0. The normalized spacial score (nSPS) is 11.1. The summed E-state index contributed by atoms with van der Waals surface area (Å²) in [5, 5.41) is 0.183. The fraction of sp³-hybridized carbons (Fsp3) is 0.0769. The highest BCUT2D eigenvalue weighted by Crippen LogP contribution is 2.28. The first-order chi connectivity index (χ1) is 8.57. The van der Waals surface area contributed by atoms with Crippen molar-refractivity contribution in [3.8, 4) is 0 Å². The second-order valence-electron chi connectivity index (χ2n) is 3.62. The highest BCUT2D eigenvalue weighted by atomic mass is 19.4. The number of benzene rings is 2. The van der Waals surface area contributed by atoms with Crippen LogP contribution in [0.1, 0.15) is 0 Å². The summed E-state index contributed by atoms with van der Waals surface area (Å²) < 4.78 is 38.9. The van der Waals surface area contributed by atoms with Crippen LogP contribution in [-0.2, 0) is 0 Å². The fourth-order valence-electron chi connectivity index (χ4n) is 1.49. The van der Waals surface area contributed by atoms with Crippen molar-refractivity contribution in [3.63, 3.8) is 0 Å². The van der Waals surface area contributed by atoms with Crippen LogP contribution in [-0.4, -0.2) is 6.30 Å². The molecule has 0 aliphatic carbocycles. The van der Waals surface area contributed by atoms with Crippen molar-refractivity contribution in [1.29, 1.82) is 0 Å². The van der Waals surface area contributed by atoms with Crippen molar-refractivity contribution in [2.45, 2.75) is 6.30 Å². The van der Waals surface area contributed by atoms with Crippen LogP contribution in [0.15, 0.2) is 60.7 Å². The van der Waals surface area contributed by atoms with E-state index in [0.717, 1.165) is 0 Å². The van der Waals surface area contributed by atoms with Gasteiger partial charge in [0, 0.05) is 0 Å². The Kier molecular flexibility index (Phi) is 3.41. The largest absolute Gasteiger partial charge is 0.503 e. The minimum Gasteiger partial charge on any atom is -0.291 e. The van der Waals surface area contributed by atoms with E-state index in [2.05, 4.69) is 5.43 Å². The second-order valence-corrected chi connectivity index (χ2v) is 3.62. The number of hydrogen-bond acceptors (Lipinski definition) is 2. The summed E-state index contributed by atoms with van der Waals surface area (Å²) in [5.41, 5.74) is 2.75. The molecule has 0 aromatic heterocycles. The van der Waals surface area contributed by atoms with E-state index >= 15 is 0 Å². The number of hydrazine groups is 1. The van der Waals surface area contributed by atoms with Gasteiger partial charge in [-0.25, -0.2) is 0 Å². The first kappa shape index (κ1) is 12.3. The summed E-state index contributed by atoms with van der Waals surface area (Å²) >= 11 is 0. The Morgan fingerprint density at radius 3 is 1.78 bits per heavy atom. The van der Waals surface area contributed by atoms with Crippen molar-refractivity contribution in [1.82, 2.24) is 0 Å². The van der Waals surface area contributed by atoms with Crippen molar-refractivity contribution >= 4 is 11.4 Å². The van der Waals surface area contributed by atoms with Gasteiger partial charge in [-0.15, -0.1) is 13.2 Å². The lowest BCUT2D eigenvalue weighted by atomic mass is 10.3. The summed E-state index contributed by atoms with van der Waals surface area (Å²) in [4.78, 5) is 0. The average Bonchev–Trinajstić information content (AvgIpc) is 2.37. The lowest BCUT2D eigenvalue weighted by Gasteiger charge is -2.28. The number of rotatable bonds is 3. The molecule has 2 aromatic carbocycles. The van der Waals surface area contributed by atoms with Crippen molar-refractivity contribution in [2.24, 2.45) is 0 Å². The molecule has 0 unspecified atom stereocenters. The van der Waals surface area contributed by atoms with Crippen molar-refractivity contribution < 1.29 is 13.2 Å². The van der Waals surface area contributed by atoms with E-state index < -0.39 is 6.30 Å². The van der Waals surface area contributed by atoms with E-state index in [9.17, 15) is 13.2 Å². The zero-order valence-corrected chi connectivity index (χ0v) is 9.35. The first-order valence-corrected chi connectivity index (χ1v) is 5.31. The minimum absolute atomic E-state index is 0.0360. The van der Waals surface area contributed by atoms with Crippen LogP contribution in [0.3, 0.4) is 0 Å². The molecule has 0 saturated carbocycles. The van der Waals surface area contributed by atoms with E-state index in [1.807, 2.05) is 0 Å². The third-order valence-corrected chi connectivity index (χ3v) is 2.28. The highest BCUT2D eigenvalue weighted by Gasteiger charge is 2.38. The number of alkyl halides is 3. The van der Waals surface area contributed by atoms with Gasteiger partial charge in [-0.3, -0.25) is 5.43 Å². The Labute approximate surface area is 103 Å². The molecule has 0 heterocycles. The molecule has 5 heteroatoms. The number of halogens is 3. The molecule has 0 fully saturated rings. The molecule has 0 spiro atoms. The predicted molar refractivity (Wildman–Crippen MR) is 65.0 cm³/mol. The maximum absolute atomic E-state index is 13.0. The van der Waals surface area contributed by atoms with Gasteiger partial charge < -0.3 is 0 Å². The summed E-state index contributed by atoms with van der Waals surface area (Å²) in [6, 6.07) is 15.8. The lowest BCUT2D eigenvalue weighted by Crippen LogP contribution is -2.42. The molecule has 2 nitrogen and oxygen atoms in total. The van der Waals surface area contributed by atoms with E-state index in [1.165, 1.54) is 12.1 Å². The van der Waals surface area contributed by atoms with Gasteiger partial charge in [0.25, 0.3) is 0 Å². The number of nitrogens with zero attached hydrogens (tertiary/aromatic N) is 1. The lowest BCUT2D eigenvalue weighted by molar-refractivity contribution is -0.125. The van der Waals surface area contributed by atoms with Crippen LogP contribution in [0.4, 0.5) is 24.5 Å².